The van der Waals surface area contributed by atoms with Crippen molar-refractivity contribution in [2.75, 3.05) is 0 Å². The Hall–Kier alpha value is -1.65. The van der Waals surface area contributed by atoms with E-state index >= 15 is 0 Å². The second kappa shape index (κ2) is 6.68. The maximum Gasteiger partial charge on any atom is 0.238 e. The second-order valence-electron chi connectivity index (χ2n) is 4.72. The minimum absolute atomic E-state index is 0.312. The Balaban J connectivity index is 2.07. The molecule has 0 saturated heterocycles. The Kier molecular flexibility index (Phi) is 4.93. The summed E-state index contributed by atoms with van der Waals surface area (Å²) in [5, 5.41) is 3.71. The molecule has 0 bridgehead atoms. The van der Waals surface area contributed by atoms with E-state index < -0.39 is 0 Å². The van der Waals surface area contributed by atoms with Crippen LogP contribution in [0.3, 0.4) is 0 Å². The molecule has 0 unspecified atom stereocenters. The largest absolute Gasteiger partial charge is 0.438 e. The Labute approximate surface area is 122 Å². The van der Waals surface area contributed by atoms with Crippen LogP contribution in [0.2, 0.25) is 5.02 Å². The summed E-state index contributed by atoms with van der Waals surface area (Å²) in [6.45, 7) is 4.84. The Morgan fingerprint density at radius 1 is 1.30 bits per heavy atom. The summed E-state index contributed by atoms with van der Waals surface area (Å²) in [6, 6.07) is 7.91. The van der Waals surface area contributed by atoms with Gasteiger partial charge in [-0.1, -0.05) is 25.4 Å². The number of rotatable bonds is 5. The minimum Gasteiger partial charge on any atom is -0.438 e. The topological polar surface area (TPSA) is 34.2 Å². The van der Waals surface area contributed by atoms with Gasteiger partial charge in [-0.25, -0.2) is 9.37 Å². The number of benzene rings is 1. The molecule has 0 spiro atoms. The third-order valence-corrected chi connectivity index (χ3v) is 2.88. The van der Waals surface area contributed by atoms with Crippen LogP contribution in [0.15, 0.2) is 36.5 Å². The Morgan fingerprint density at radius 3 is 2.60 bits per heavy atom. The Morgan fingerprint density at radius 2 is 2.00 bits per heavy atom. The number of hydrogen-bond acceptors (Lipinski definition) is 3. The summed E-state index contributed by atoms with van der Waals surface area (Å²) in [5.74, 6) is 0.493. The van der Waals surface area contributed by atoms with Crippen LogP contribution in [0.25, 0.3) is 0 Å². The van der Waals surface area contributed by atoms with Crippen LogP contribution in [0.1, 0.15) is 19.4 Å². The van der Waals surface area contributed by atoms with E-state index in [1.165, 1.54) is 24.3 Å². The lowest BCUT2D eigenvalue weighted by Gasteiger charge is -2.10. The number of halogens is 2. The molecule has 1 heterocycles. The normalized spacial score (nSPS) is 10.8. The van der Waals surface area contributed by atoms with Crippen molar-refractivity contribution in [3.63, 3.8) is 0 Å². The van der Waals surface area contributed by atoms with Gasteiger partial charge in [-0.05, 0) is 35.9 Å². The molecule has 0 saturated carbocycles. The molecule has 1 aromatic carbocycles. The number of nitrogens with one attached hydrogen (secondary N) is 1. The zero-order valence-electron chi connectivity index (χ0n) is 11.4. The van der Waals surface area contributed by atoms with E-state index in [9.17, 15) is 4.39 Å². The summed E-state index contributed by atoms with van der Waals surface area (Å²) >= 11 is 6.14. The van der Waals surface area contributed by atoms with Crippen LogP contribution >= 0.6 is 11.6 Å². The highest BCUT2D eigenvalue weighted by Crippen LogP contribution is 2.27. The van der Waals surface area contributed by atoms with Gasteiger partial charge < -0.3 is 10.1 Å². The maximum atomic E-state index is 12.8. The van der Waals surface area contributed by atoms with Crippen molar-refractivity contribution in [3.8, 4) is 11.6 Å². The zero-order valence-corrected chi connectivity index (χ0v) is 12.1. The molecule has 3 nitrogen and oxygen atoms in total. The fourth-order valence-corrected chi connectivity index (χ4v) is 1.80. The molecule has 0 aliphatic heterocycles. The van der Waals surface area contributed by atoms with E-state index in [-0.39, 0.29) is 5.82 Å². The van der Waals surface area contributed by atoms with Gasteiger partial charge in [-0.3, -0.25) is 0 Å². The van der Waals surface area contributed by atoms with E-state index in [2.05, 4.69) is 24.1 Å². The Bertz CT molecular complexity index is 573. The fraction of sp³-hybridized carbons (Fsp3) is 0.267. The van der Waals surface area contributed by atoms with Crippen LogP contribution in [0.4, 0.5) is 4.39 Å². The first-order valence-electron chi connectivity index (χ1n) is 6.36. The van der Waals surface area contributed by atoms with Gasteiger partial charge in [0.25, 0.3) is 0 Å². The molecule has 1 N–H and O–H groups in total. The van der Waals surface area contributed by atoms with Gasteiger partial charge >= 0.3 is 0 Å². The highest BCUT2D eigenvalue weighted by Gasteiger charge is 2.07. The SMILES string of the molecule is CC(C)NCc1cnc(Oc2ccc(F)cc2)c(Cl)c1. The monoisotopic (exact) mass is 294 g/mol. The van der Waals surface area contributed by atoms with Crippen molar-refractivity contribution >= 4 is 11.6 Å². The maximum absolute atomic E-state index is 12.8. The quantitative estimate of drug-likeness (QED) is 0.899. The van der Waals surface area contributed by atoms with Gasteiger partial charge in [0.15, 0.2) is 0 Å². The third-order valence-electron chi connectivity index (χ3n) is 2.61. The summed E-state index contributed by atoms with van der Waals surface area (Å²) in [6.07, 6.45) is 1.71. The van der Waals surface area contributed by atoms with Crippen LogP contribution in [-0.2, 0) is 6.54 Å². The summed E-state index contributed by atoms with van der Waals surface area (Å²) in [5.41, 5.74) is 0.982. The van der Waals surface area contributed by atoms with Crippen molar-refractivity contribution in [3.05, 3.63) is 52.9 Å². The first-order valence-corrected chi connectivity index (χ1v) is 6.73. The van der Waals surface area contributed by atoms with Crippen molar-refractivity contribution in [1.82, 2.24) is 10.3 Å². The molecular weight excluding hydrogens is 279 g/mol. The van der Waals surface area contributed by atoms with Crippen LogP contribution in [0.5, 0.6) is 11.6 Å². The molecule has 2 rings (SSSR count). The minimum atomic E-state index is -0.313. The van der Waals surface area contributed by atoms with Crippen LogP contribution < -0.4 is 10.1 Å². The van der Waals surface area contributed by atoms with Crippen molar-refractivity contribution in [2.45, 2.75) is 26.4 Å². The van der Waals surface area contributed by atoms with E-state index in [0.29, 0.717) is 29.2 Å². The van der Waals surface area contributed by atoms with Gasteiger partial charge in [0.05, 0.1) is 0 Å². The predicted octanol–water partition coefficient (Wildman–Crippen LogP) is 4.16. The van der Waals surface area contributed by atoms with Gasteiger partial charge in [0.1, 0.15) is 16.6 Å². The highest BCUT2D eigenvalue weighted by molar-refractivity contribution is 6.31. The highest BCUT2D eigenvalue weighted by atomic mass is 35.5. The van der Waals surface area contributed by atoms with E-state index in [0.717, 1.165) is 5.56 Å². The lowest BCUT2D eigenvalue weighted by Crippen LogP contribution is -2.21. The van der Waals surface area contributed by atoms with E-state index in [4.69, 9.17) is 16.3 Å². The smallest absolute Gasteiger partial charge is 0.238 e. The number of ether oxygens (including phenoxy) is 1. The molecule has 0 amide bonds. The average molecular weight is 295 g/mol. The summed E-state index contributed by atoms with van der Waals surface area (Å²) in [4.78, 5) is 4.19. The third kappa shape index (κ3) is 4.18. The van der Waals surface area contributed by atoms with Crippen LogP contribution in [0, 0.1) is 5.82 Å². The molecule has 5 heteroatoms. The lowest BCUT2D eigenvalue weighted by molar-refractivity contribution is 0.460. The molecule has 20 heavy (non-hydrogen) atoms. The average Bonchev–Trinajstić information content (AvgIpc) is 2.41. The van der Waals surface area contributed by atoms with E-state index in [1.54, 1.807) is 6.20 Å². The molecule has 0 aliphatic rings. The van der Waals surface area contributed by atoms with Gasteiger partial charge in [-0.2, -0.15) is 0 Å². The predicted molar refractivity (Wildman–Crippen MR) is 77.7 cm³/mol. The molecule has 0 radical (unpaired) electrons. The molecule has 0 aliphatic carbocycles. The van der Waals surface area contributed by atoms with Crippen molar-refractivity contribution in [1.29, 1.82) is 0 Å². The molecule has 1 aromatic heterocycles. The standard InChI is InChI=1S/C15H16ClFN2O/c1-10(2)18-8-11-7-14(16)15(19-9-11)20-13-5-3-12(17)4-6-13/h3-7,9-10,18H,8H2,1-2H3. The number of nitrogens with zero attached hydrogens (tertiary/aromatic N) is 1. The van der Waals surface area contributed by atoms with Crippen LogP contribution in [-0.4, -0.2) is 11.0 Å². The summed E-state index contributed by atoms with van der Waals surface area (Å²) < 4.78 is 18.3. The van der Waals surface area contributed by atoms with Crippen molar-refractivity contribution in [2.24, 2.45) is 0 Å². The molecule has 0 fully saturated rings. The molecule has 2 aromatic rings. The molecule has 0 atom stereocenters. The van der Waals surface area contributed by atoms with Gasteiger partial charge in [-0.15, -0.1) is 0 Å². The zero-order chi connectivity index (χ0) is 14.5. The number of hydrogen-bond donors (Lipinski definition) is 1. The molecule has 106 valence electrons. The number of pyridine rings is 1. The van der Waals surface area contributed by atoms with Gasteiger partial charge in [0, 0.05) is 18.8 Å². The van der Waals surface area contributed by atoms with E-state index in [1.807, 2.05) is 6.07 Å². The summed E-state index contributed by atoms with van der Waals surface area (Å²) in [7, 11) is 0. The molecular formula is C15H16ClFN2O. The lowest BCUT2D eigenvalue weighted by atomic mass is 10.2. The first-order chi connectivity index (χ1) is 9.54. The van der Waals surface area contributed by atoms with Gasteiger partial charge in [0.2, 0.25) is 5.88 Å². The van der Waals surface area contributed by atoms with Crippen molar-refractivity contribution < 1.29 is 9.13 Å². The fourth-order valence-electron chi connectivity index (χ4n) is 1.57. The second-order valence-corrected chi connectivity index (χ2v) is 5.13. The first kappa shape index (κ1) is 14.8. The number of aromatic nitrogens is 1.